The van der Waals surface area contributed by atoms with Gasteiger partial charge in [0, 0.05) is 67.8 Å². The molecule has 0 aliphatic carbocycles. The Kier molecular flexibility index (Phi) is 8.61. The van der Waals surface area contributed by atoms with E-state index in [0.29, 0.717) is 31.1 Å². The van der Waals surface area contributed by atoms with E-state index in [0.717, 1.165) is 42.8 Å². The lowest BCUT2D eigenvalue weighted by atomic mass is 10.0. The third-order valence-electron chi connectivity index (χ3n) is 7.39. The van der Waals surface area contributed by atoms with Crippen LogP contribution in [0.1, 0.15) is 28.9 Å². The molecule has 36 heavy (non-hydrogen) atoms. The first-order chi connectivity index (χ1) is 17.1. The molecule has 2 N–H and O–H groups in total. The molecular weight excluding hydrogens is 476 g/mol. The van der Waals surface area contributed by atoms with Crippen LogP contribution in [0.4, 0.5) is 0 Å². The van der Waals surface area contributed by atoms with Crippen LogP contribution >= 0.6 is 12.4 Å². The molecular formula is C27H35ClN6O2. The number of aromatic nitrogens is 2. The molecule has 1 atom stereocenters. The topological polar surface area (TPSA) is 84.6 Å². The first-order valence-corrected chi connectivity index (χ1v) is 12.6. The number of hydrogen-bond donors (Lipinski definition) is 2. The summed E-state index contributed by atoms with van der Waals surface area (Å²) >= 11 is 0. The Morgan fingerprint density at radius 3 is 2.56 bits per heavy atom. The molecule has 2 amide bonds. The lowest BCUT2D eigenvalue weighted by molar-refractivity contribution is -0.135. The molecule has 2 aliphatic rings. The first-order valence-electron chi connectivity index (χ1n) is 12.6. The van der Waals surface area contributed by atoms with Crippen LogP contribution in [0, 0.1) is 0 Å². The average molecular weight is 511 g/mol. The number of piperidine rings is 1. The molecule has 0 saturated carbocycles. The number of aromatic amines is 1. The van der Waals surface area contributed by atoms with Crippen molar-refractivity contribution in [2.45, 2.75) is 31.3 Å². The third-order valence-corrected chi connectivity index (χ3v) is 7.39. The standard InChI is InChI=1S/C27H34N6O2.ClH/c1-31-12-8-23(9-13-31)32-14-16-33(17-15-32)27(35)25(19-22-4-2-3-10-28-22)30-26(34)21-6-5-20-7-11-29-24(20)18-21;/h2-7,10-11,18,23,25,29H,8-9,12-17,19H2,1H3,(H,30,34);1H/t25-;/m1./s1. The average Bonchev–Trinajstić information content (AvgIpc) is 3.37. The zero-order chi connectivity index (χ0) is 24.2. The van der Waals surface area contributed by atoms with Gasteiger partial charge in [0.2, 0.25) is 5.91 Å². The van der Waals surface area contributed by atoms with Crippen LogP contribution in [0.25, 0.3) is 10.9 Å². The molecule has 0 bridgehead atoms. The van der Waals surface area contributed by atoms with E-state index >= 15 is 0 Å². The first kappa shape index (κ1) is 26.1. The number of piperazine rings is 1. The number of amides is 2. The number of rotatable bonds is 6. The van der Waals surface area contributed by atoms with Crippen molar-refractivity contribution in [2.75, 3.05) is 46.3 Å². The number of carbonyl (C=O) groups is 2. The van der Waals surface area contributed by atoms with Gasteiger partial charge in [0.15, 0.2) is 0 Å². The number of fused-ring (bicyclic) bond motifs is 1. The minimum Gasteiger partial charge on any atom is -0.361 e. The Bertz CT molecular complexity index is 1150. The maximum absolute atomic E-state index is 13.6. The van der Waals surface area contributed by atoms with Crippen molar-refractivity contribution < 1.29 is 9.59 Å². The summed E-state index contributed by atoms with van der Waals surface area (Å²) in [6.45, 7) is 5.41. The van der Waals surface area contributed by atoms with E-state index in [9.17, 15) is 9.59 Å². The molecule has 0 radical (unpaired) electrons. The van der Waals surface area contributed by atoms with Gasteiger partial charge < -0.3 is 20.1 Å². The number of nitrogens with zero attached hydrogens (tertiary/aromatic N) is 4. The van der Waals surface area contributed by atoms with Gasteiger partial charge in [-0.1, -0.05) is 12.1 Å². The van der Waals surface area contributed by atoms with Crippen molar-refractivity contribution in [2.24, 2.45) is 0 Å². The van der Waals surface area contributed by atoms with Crippen molar-refractivity contribution in [1.82, 2.24) is 30.0 Å². The van der Waals surface area contributed by atoms with Crippen molar-refractivity contribution in [3.8, 4) is 0 Å². The molecule has 5 rings (SSSR count). The fourth-order valence-electron chi connectivity index (χ4n) is 5.25. The quantitative estimate of drug-likeness (QED) is 0.532. The van der Waals surface area contributed by atoms with Gasteiger partial charge >= 0.3 is 0 Å². The summed E-state index contributed by atoms with van der Waals surface area (Å²) < 4.78 is 0. The molecule has 0 spiro atoms. The van der Waals surface area contributed by atoms with Gasteiger partial charge in [-0.3, -0.25) is 19.5 Å². The van der Waals surface area contributed by atoms with Crippen LogP contribution in [-0.2, 0) is 11.2 Å². The highest BCUT2D eigenvalue weighted by molar-refractivity contribution is 6.00. The Morgan fingerprint density at radius 1 is 1.06 bits per heavy atom. The monoisotopic (exact) mass is 510 g/mol. The lowest BCUT2D eigenvalue weighted by Gasteiger charge is -2.42. The molecule has 0 unspecified atom stereocenters. The van der Waals surface area contributed by atoms with Crippen LogP contribution in [0.2, 0.25) is 0 Å². The molecule has 2 aliphatic heterocycles. The summed E-state index contributed by atoms with van der Waals surface area (Å²) in [5, 5.41) is 4.06. The van der Waals surface area contributed by atoms with Crippen molar-refractivity contribution >= 4 is 35.1 Å². The summed E-state index contributed by atoms with van der Waals surface area (Å²) in [7, 11) is 2.18. The van der Waals surface area contributed by atoms with Crippen LogP contribution in [0.15, 0.2) is 54.9 Å². The molecule has 4 heterocycles. The van der Waals surface area contributed by atoms with E-state index in [4.69, 9.17) is 0 Å². The van der Waals surface area contributed by atoms with Gasteiger partial charge in [-0.2, -0.15) is 0 Å². The minimum absolute atomic E-state index is 0. The van der Waals surface area contributed by atoms with E-state index in [2.05, 4.69) is 32.1 Å². The summed E-state index contributed by atoms with van der Waals surface area (Å²) in [5.41, 5.74) is 2.22. The van der Waals surface area contributed by atoms with E-state index in [1.807, 2.05) is 47.5 Å². The van der Waals surface area contributed by atoms with Gasteiger partial charge in [-0.25, -0.2) is 0 Å². The normalized spacial score (nSPS) is 18.5. The largest absolute Gasteiger partial charge is 0.361 e. The number of carbonyl (C=O) groups excluding carboxylic acids is 2. The molecule has 2 aromatic heterocycles. The fourth-order valence-corrected chi connectivity index (χ4v) is 5.25. The van der Waals surface area contributed by atoms with Crippen LogP contribution in [-0.4, -0.2) is 94.9 Å². The van der Waals surface area contributed by atoms with E-state index in [1.54, 1.807) is 12.3 Å². The number of nitrogens with one attached hydrogen (secondary N) is 2. The Balaban J connectivity index is 0.00000304. The summed E-state index contributed by atoms with van der Waals surface area (Å²) in [5.74, 6) is -0.284. The molecule has 3 aromatic rings. The highest BCUT2D eigenvalue weighted by Gasteiger charge is 2.32. The van der Waals surface area contributed by atoms with Crippen LogP contribution < -0.4 is 5.32 Å². The zero-order valence-electron chi connectivity index (χ0n) is 20.7. The SMILES string of the molecule is CN1CCC(N2CCN(C(=O)[C@@H](Cc3ccccn3)NC(=O)c3ccc4cc[nH]c4c3)CC2)CC1.Cl. The predicted octanol–water partition coefficient (Wildman–Crippen LogP) is 2.56. The number of benzene rings is 1. The minimum atomic E-state index is -0.661. The van der Waals surface area contributed by atoms with E-state index < -0.39 is 6.04 Å². The second kappa shape index (κ2) is 11.9. The van der Waals surface area contributed by atoms with Gasteiger partial charge in [0.25, 0.3) is 5.91 Å². The van der Waals surface area contributed by atoms with Crippen LogP contribution in [0.3, 0.4) is 0 Å². The van der Waals surface area contributed by atoms with Gasteiger partial charge in [0.1, 0.15) is 6.04 Å². The van der Waals surface area contributed by atoms with Crippen LogP contribution in [0.5, 0.6) is 0 Å². The lowest BCUT2D eigenvalue weighted by Crippen LogP contribution is -2.58. The third kappa shape index (κ3) is 6.06. The molecule has 1 aromatic carbocycles. The maximum atomic E-state index is 13.6. The maximum Gasteiger partial charge on any atom is 0.252 e. The summed E-state index contributed by atoms with van der Waals surface area (Å²) in [6, 6.07) is 13.1. The number of halogens is 1. The Hall–Kier alpha value is -2.94. The molecule has 2 saturated heterocycles. The van der Waals surface area contributed by atoms with E-state index in [-0.39, 0.29) is 24.2 Å². The van der Waals surface area contributed by atoms with Crippen molar-refractivity contribution in [3.63, 3.8) is 0 Å². The summed E-state index contributed by atoms with van der Waals surface area (Å²) in [4.78, 5) is 41.1. The second-order valence-corrected chi connectivity index (χ2v) is 9.73. The molecule has 192 valence electrons. The molecule has 2 fully saturated rings. The number of H-pyrrole nitrogens is 1. The second-order valence-electron chi connectivity index (χ2n) is 9.73. The Labute approximate surface area is 218 Å². The van der Waals surface area contributed by atoms with Gasteiger partial charge in [0.05, 0.1) is 0 Å². The summed E-state index contributed by atoms with van der Waals surface area (Å²) in [6.07, 6.45) is 6.32. The number of hydrogen-bond acceptors (Lipinski definition) is 5. The highest BCUT2D eigenvalue weighted by Crippen LogP contribution is 2.19. The Morgan fingerprint density at radius 2 is 1.83 bits per heavy atom. The van der Waals surface area contributed by atoms with Crippen molar-refractivity contribution in [1.29, 1.82) is 0 Å². The van der Waals surface area contributed by atoms with Crippen molar-refractivity contribution in [3.05, 3.63) is 66.1 Å². The fraction of sp³-hybridized carbons (Fsp3) is 0.444. The molecule has 8 nitrogen and oxygen atoms in total. The zero-order valence-corrected chi connectivity index (χ0v) is 21.5. The van der Waals surface area contributed by atoms with E-state index in [1.165, 1.54) is 12.8 Å². The van der Waals surface area contributed by atoms with Gasteiger partial charge in [-0.15, -0.1) is 12.4 Å². The molecule has 9 heteroatoms. The highest BCUT2D eigenvalue weighted by atomic mass is 35.5. The number of likely N-dealkylation sites (tertiary alicyclic amines) is 1. The predicted molar refractivity (Wildman–Crippen MR) is 143 cm³/mol. The van der Waals surface area contributed by atoms with Gasteiger partial charge in [-0.05, 0) is 68.7 Å². The number of pyridine rings is 1. The smallest absolute Gasteiger partial charge is 0.252 e.